The molecule has 1 aromatic rings. The number of carbonyl (C=O) groups is 1. The SMILES string of the molecule is Cc1ccc([C@@H]2CCCN2CCC(=O)N2CCOCC2)s1. The number of hydrogen-bond acceptors (Lipinski definition) is 4. The summed E-state index contributed by atoms with van der Waals surface area (Å²) in [7, 11) is 0. The minimum atomic E-state index is 0.284. The average Bonchev–Trinajstić information content (AvgIpc) is 3.14. The molecule has 21 heavy (non-hydrogen) atoms. The molecule has 1 aromatic heterocycles. The van der Waals surface area contributed by atoms with Crippen LogP contribution in [0.3, 0.4) is 0 Å². The molecule has 5 heteroatoms. The highest BCUT2D eigenvalue weighted by Crippen LogP contribution is 2.35. The molecule has 0 bridgehead atoms. The van der Waals surface area contributed by atoms with Gasteiger partial charge in [-0.15, -0.1) is 11.3 Å². The first kappa shape index (κ1) is 15.0. The smallest absolute Gasteiger partial charge is 0.224 e. The van der Waals surface area contributed by atoms with Crippen molar-refractivity contribution in [3.8, 4) is 0 Å². The highest BCUT2D eigenvalue weighted by molar-refractivity contribution is 7.12. The second-order valence-corrected chi connectivity index (χ2v) is 7.21. The minimum absolute atomic E-state index is 0.284. The van der Waals surface area contributed by atoms with E-state index >= 15 is 0 Å². The molecule has 1 amide bonds. The normalized spacial score (nSPS) is 23.7. The molecular formula is C16H24N2O2S. The van der Waals surface area contributed by atoms with E-state index in [4.69, 9.17) is 4.74 Å². The Labute approximate surface area is 130 Å². The lowest BCUT2D eigenvalue weighted by molar-refractivity contribution is -0.135. The molecule has 2 aliphatic heterocycles. The van der Waals surface area contributed by atoms with E-state index in [1.807, 2.05) is 16.2 Å². The summed E-state index contributed by atoms with van der Waals surface area (Å²) in [5.41, 5.74) is 0. The molecule has 0 aliphatic carbocycles. The van der Waals surface area contributed by atoms with E-state index in [0.717, 1.165) is 26.2 Å². The predicted octanol–water partition coefficient (Wildman–Crippen LogP) is 2.44. The molecule has 3 rings (SSSR count). The van der Waals surface area contributed by atoms with E-state index in [1.165, 1.54) is 22.6 Å². The predicted molar refractivity (Wildman–Crippen MR) is 84.6 cm³/mol. The van der Waals surface area contributed by atoms with Crippen molar-refractivity contribution in [1.82, 2.24) is 9.80 Å². The van der Waals surface area contributed by atoms with Gasteiger partial charge in [-0.05, 0) is 38.4 Å². The fourth-order valence-electron chi connectivity index (χ4n) is 3.26. The minimum Gasteiger partial charge on any atom is -0.378 e. The molecule has 2 saturated heterocycles. The first-order valence-electron chi connectivity index (χ1n) is 7.90. The van der Waals surface area contributed by atoms with Gasteiger partial charge in [0, 0.05) is 41.9 Å². The summed E-state index contributed by atoms with van der Waals surface area (Å²) in [6.45, 7) is 7.06. The Kier molecular flexibility index (Phi) is 4.93. The van der Waals surface area contributed by atoms with Gasteiger partial charge in [0.2, 0.25) is 5.91 Å². The molecule has 0 saturated carbocycles. The summed E-state index contributed by atoms with van der Waals surface area (Å²) in [5, 5.41) is 0. The molecule has 3 heterocycles. The number of ether oxygens (including phenoxy) is 1. The quantitative estimate of drug-likeness (QED) is 0.856. The van der Waals surface area contributed by atoms with Gasteiger partial charge in [0.25, 0.3) is 0 Å². The van der Waals surface area contributed by atoms with Gasteiger partial charge in [-0.3, -0.25) is 9.69 Å². The molecule has 2 fully saturated rings. The molecule has 0 radical (unpaired) electrons. The molecule has 1 atom stereocenters. The van der Waals surface area contributed by atoms with E-state index in [1.54, 1.807) is 0 Å². The maximum atomic E-state index is 12.2. The number of amides is 1. The summed E-state index contributed by atoms with van der Waals surface area (Å²) < 4.78 is 5.30. The van der Waals surface area contributed by atoms with Gasteiger partial charge in [-0.2, -0.15) is 0 Å². The summed E-state index contributed by atoms with van der Waals surface area (Å²) >= 11 is 1.90. The average molecular weight is 308 g/mol. The van der Waals surface area contributed by atoms with Gasteiger partial charge in [0.1, 0.15) is 0 Å². The molecule has 116 valence electrons. The van der Waals surface area contributed by atoms with Crippen LogP contribution < -0.4 is 0 Å². The van der Waals surface area contributed by atoms with Crippen molar-refractivity contribution in [2.45, 2.75) is 32.2 Å². The van der Waals surface area contributed by atoms with Crippen LogP contribution in [-0.2, 0) is 9.53 Å². The fourth-order valence-corrected chi connectivity index (χ4v) is 4.31. The van der Waals surface area contributed by atoms with Crippen LogP contribution >= 0.6 is 11.3 Å². The lowest BCUT2D eigenvalue weighted by Crippen LogP contribution is -2.42. The molecule has 4 nitrogen and oxygen atoms in total. The van der Waals surface area contributed by atoms with Gasteiger partial charge in [0.05, 0.1) is 13.2 Å². The van der Waals surface area contributed by atoms with Crippen molar-refractivity contribution in [3.63, 3.8) is 0 Å². The van der Waals surface area contributed by atoms with Crippen molar-refractivity contribution in [3.05, 3.63) is 21.9 Å². The third-order valence-electron chi connectivity index (χ3n) is 4.43. The van der Waals surface area contributed by atoms with Gasteiger partial charge in [-0.25, -0.2) is 0 Å². The highest BCUT2D eigenvalue weighted by Gasteiger charge is 2.28. The van der Waals surface area contributed by atoms with Gasteiger partial charge >= 0.3 is 0 Å². The van der Waals surface area contributed by atoms with Crippen LogP contribution in [0.5, 0.6) is 0 Å². The summed E-state index contributed by atoms with van der Waals surface area (Å²) in [5.74, 6) is 0.284. The van der Waals surface area contributed by atoms with E-state index in [0.29, 0.717) is 25.7 Å². The van der Waals surface area contributed by atoms with Crippen molar-refractivity contribution < 1.29 is 9.53 Å². The standard InChI is InChI=1S/C16H24N2O2S/c1-13-4-5-15(21-13)14-3-2-7-17(14)8-6-16(19)18-9-11-20-12-10-18/h4-5,14H,2-3,6-12H2,1H3/t14-/m0/s1. The number of morpholine rings is 1. The topological polar surface area (TPSA) is 32.8 Å². The van der Waals surface area contributed by atoms with Crippen molar-refractivity contribution in [2.75, 3.05) is 39.4 Å². The number of rotatable bonds is 4. The Balaban J connectivity index is 1.53. The van der Waals surface area contributed by atoms with Crippen molar-refractivity contribution >= 4 is 17.2 Å². The maximum absolute atomic E-state index is 12.2. The van der Waals surface area contributed by atoms with Gasteiger partial charge < -0.3 is 9.64 Å². The van der Waals surface area contributed by atoms with Crippen LogP contribution in [0.25, 0.3) is 0 Å². The zero-order valence-corrected chi connectivity index (χ0v) is 13.5. The zero-order chi connectivity index (χ0) is 14.7. The second-order valence-electron chi connectivity index (χ2n) is 5.89. The number of nitrogens with zero attached hydrogens (tertiary/aromatic N) is 2. The monoisotopic (exact) mass is 308 g/mol. The number of carbonyl (C=O) groups excluding carboxylic acids is 1. The van der Waals surface area contributed by atoms with E-state index < -0.39 is 0 Å². The largest absolute Gasteiger partial charge is 0.378 e. The van der Waals surface area contributed by atoms with Crippen LogP contribution in [-0.4, -0.2) is 55.1 Å². The van der Waals surface area contributed by atoms with Crippen LogP contribution in [0, 0.1) is 6.92 Å². The Hall–Kier alpha value is -0.910. The van der Waals surface area contributed by atoms with Crippen LogP contribution in [0.1, 0.15) is 35.1 Å². The molecular weight excluding hydrogens is 284 g/mol. The second kappa shape index (κ2) is 6.90. The number of aryl methyl sites for hydroxylation is 1. The zero-order valence-electron chi connectivity index (χ0n) is 12.7. The third kappa shape index (κ3) is 3.65. The summed E-state index contributed by atoms with van der Waals surface area (Å²) in [6, 6.07) is 4.99. The lowest BCUT2D eigenvalue weighted by Gasteiger charge is -2.29. The van der Waals surface area contributed by atoms with E-state index in [-0.39, 0.29) is 5.91 Å². The molecule has 0 unspecified atom stereocenters. The van der Waals surface area contributed by atoms with Crippen molar-refractivity contribution in [1.29, 1.82) is 0 Å². The number of thiophene rings is 1. The van der Waals surface area contributed by atoms with E-state index in [2.05, 4.69) is 24.0 Å². The number of hydrogen-bond donors (Lipinski definition) is 0. The van der Waals surface area contributed by atoms with E-state index in [9.17, 15) is 4.79 Å². The Morgan fingerprint density at radius 3 is 2.86 bits per heavy atom. The molecule has 2 aliphatic rings. The number of likely N-dealkylation sites (tertiary alicyclic amines) is 1. The van der Waals surface area contributed by atoms with Gasteiger partial charge in [-0.1, -0.05) is 0 Å². The summed E-state index contributed by atoms with van der Waals surface area (Å²) in [6.07, 6.45) is 3.11. The molecule has 0 spiro atoms. The first-order valence-corrected chi connectivity index (χ1v) is 8.71. The summed E-state index contributed by atoms with van der Waals surface area (Å²) in [4.78, 5) is 19.5. The van der Waals surface area contributed by atoms with Gasteiger partial charge in [0.15, 0.2) is 0 Å². The first-order chi connectivity index (χ1) is 10.2. The van der Waals surface area contributed by atoms with Crippen LogP contribution in [0.15, 0.2) is 12.1 Å². The third-order valence-corrected chi connectivity index (χ3v) is 5.53. The fraction of sp³-hybridized carbons (Fsp3) is 0.688. The Morgan fingerprint density at radius 2 is 2.14 bits per heavy atom. The highest BCUT2D eigenvalue weighted by atomic mass is 32.1. The Bertz CT molecular complexity index is 482. The molecule has 0 aromatic carbocycles. The molecule has 0 N–H and O–H groups in total. The Morgan fingerprint density at radius 1 is 1.33 bits per heavy atom. The van der Waals surface area contributed by atoms with Crippen molar-refractivity contribution in [2.24, 2.45) is 0 Å². The van der Waals surface area contributed by atoms with Crippen LogP contribution in [0.4, 0.5) is 0 Å². The lowest BCUT2D eigenvalue weighted by atomic mass is 10.2. The maximum Gasteiger partial charge on any atom is 0.224 e. The van der Waals surface area contributed by atoms with Crippen LogP contribution in [0.2, 0.25) is 0 Å².